The van der Waals surface area contributed by atoms with Crippen molar-refractivity contribution >= 4 is 11.3 Å². The topological polar surface area (TPSA) is 18.5 Å². The number of hydrogen-bond acceptors (Lipinski definition) is 3. The van der Waals surface area contributed by atoms with E-state index >= 15 is 0 Å². The van der Waals surface area contributed by atoms with Gasteiger partial charge in [-0.25, -0.2) is 4.39 Å². The number of ether oxygens (including phenoxy) is 2. The predicted octanol–water partition coefficient (Wildman–Crippen LogP) is 6.00. The number of unbranched alkanes of at least 4 members (excludes halogenated alkanes) is 1. The average Bonchev–Trinajstić information content (AvgIpc) is 3.45. The second-order valence-electron chi connectivity index (χ2n) is 9.27. The lowest BCUT2D eigenvalue weighted by Crippen LogP contribution is -2.48. The maximum Gasteiger partial charge on any atom is 0.123 e. The highest BCUT2D eigenvalue weighted by Gasteiger charge is 2.48. The molecule has 2 unspecified atom stereocenters. The minimum Gasteiger partial charge on any atom is -0.378 e. The Morgan fingerprint density at radius 3 is 2.76 bits per heavy atom. The monoisotopic (exact) mass is 414 g/mol. The van der Waals surface area contributed by atoms with Gasteiger partial charge in [0.05, 0.1) is 12.2 Å². The molecule has 2 saturated heterocycles. The van der Waals surface area contributed by atoms with Gasteiger partial charge in [0.1, 0.15) is 5.82 Å². The molecular weight excluding hydrogens is 383 g/mol. The van der Waals surface area contributed by atoms with E-state index in [1.165, 1.54) is 44.1 Å². The van der Waals surface area contributed by atoms with Gasteiger partial charge in [-0.05, 0) is 85.6 Å². The molecule has 2 fully saturated rings. The molecular formula is C25H31FO2S. The molecule has 0 saturated carbocycles. The molecule has 0 bridgehead atoms. The van der Waals surface area contributed by atoms with E-state index in [1.54, 1.807) is 28.1 Å². The van der Waals surface area contributed by atoms with Crippen LogP contribution in [0.4, 0.5) is 4.39 Å². The van der Waals surface area contributed by atoms with E-state index in [9.17, 15) is 4.39 Å². The van der Waals surface area contributed by atoms with Crippen molar-refractivity contribution < 1.29 is 13.9 Å². The minimum absolute atomic E-state index is 0.0804. The molecule has 1 aromatic carbocycles. The number of benzene rings is 1. The first-order valence-electron chi connectivity index (χ1n) is 11.2. The Balaban J connectivity index is 1.30. The van der Waals surface area contributed by atoms with Crippen molar-refractivity contribution in [2.75, 3.05) is 19.8 Å². The van der Waals surface area contributed by atoms with Crippen LogP contribution in [-0.4, -0.2) is 25.4 Å². The molecule has 2 aromatic rings. The van der Waals surface area contributed by atoms with Gasteiger partial charge in [0.2, 0.25) is 0 Å². The molecule has 1 aromatic heterocycles. The van der Waals surface area contributed by atoms with Crippen LogP contribution < -0.4 is 0 Å². The molecule has 1 aliphatic carbocycles. The summed E-state index contributed by atoms with van der Waals surface area (Å²) in [4.78, 5) is 1.63. The number of rotatable bonds is 6. The second kappa shape index (κ2) is 8.13. The van der Waals surface area contributed by atoms with Gasteiger partial charge in [-0.2, -0.15) is 0 Å². The third-order valence-corrected chi connectivity index (χ3v) is 8.56. The zero-order valence-electron chi connectivity index (χ0n) is 17.2. The Labute approximate surface area is 177 Å². The molecule has 0 amide bonds. The summed E-state index contributed by atoms with van der Waals surface area (Å²) >= 11 is 1.97. The molecule has 2 nitrogen and oxygen atoms in total. The third kappa shape index (κ3) is 3.92. The van der Waals surface area contributed by atoms with E-state index in [2.05, 4.69) is 5.38 Å². The fourth-order valence-electron chi connectivity index (χ4n) is 5.86. The van der Waals surface area contributed by atoms with Crippen LogP contribution in [0.25, 0.3) is 0 Å². The summed E-state index contributed by atoms with van der Waals surface area (Å²) in [6.45, 7) is 2.28. The number of fused-ring (bicyclic) bond motifs is 1. The van der Waals surface area contributed by atoms with Crippen molar-refractivity contribution in [3.05, 3.63) is 57.0 Å². The number of halogens is 1. The van der Waals surface area contributed by atoms with Gasteiger partial charge in [0, 0.05) is 29.9 Å². The van der Waals surface area contributed by atoms with Gasteiger partial charge in [-0.1, -0.05) is 18.6 Å². The quantitative estimate of drug-likeness (QED) is 0.540. The summed E-state index contributed by atoms with van der Waals surface area (Å²) in [5, 5.41) is 2.39. The summed E-state index contributed by atoms with van der Waals surface area (Å²) in [6, 6.07) is 7.27. The van der Waals surface area contributed by atoms with E-state index in [0.717, 1.165) is 38.9 Å². The Bertz CT molecular complexity index is 837. The van der Waals surface area contributed by atoms with Crippen molar-refractivity contribution in [3.8, 4) is 0 Å². The number of thiophene rings is 1. The Morgan fingerprint density at radius 1 is 1.03 bits per heavy atom. The standard InChI is InChI=1S/C25H31FO2S/c26-21-9-7-20(8-10-21)24(12-15-28-25(17-24)13-14-27-18-25)11-2-1-6-23-22-5-3-4-19(22)16-29-23/h7-10,16H,1-6,11-15,17-18H2. The Kier molecular flexibility index (Phi) is 5.53. The molecule has 0 radical (unpaired) electrons. The van der Waals surface area contributed by atoms with E-state index in [-0.39, 0.29) is 16.8 Å². The molecule has 4 heteroatoms. The summed E-state index contributed by atoms with van der Waals surface area (Å²) in [5.41, 5.74) is 4.50. The predicted molar refractivity (Wildman–Crippen MR) is 115 cm³/mol. The molecule has 2 atom stereocenters. The van der Waals surface area contributed by atoms with Gasteiger partial charge >= 0.3 is 0 Å². The second-order valence-corrected chi connectivity index (χ2v) is 10.2. The first kappa shape index (κ1) is 19.7. The summed E-state index contributed by atoms with van der Waals surface area (Å²) in [6.07, 6.45) is 11.7. The number of hydrogen-bond donors (Lipinski definition) is 0. The first-order chi connectivity index (χ1) is 14.2. The zero-order chi connectivity index (χ0) is 19.7. The highest BCUT2D eigenvalue weighted by atomic mass is 32.1. The Hall–Kier alpha value is -1.23. The van der Waals surface area contributed by atoms with E-state index in [4.69, 9.17) is 9.47 Å². The van der Waals surface area contributed by atoms with Crippen LogP contribution in [-0.2, 0) is 34.2 Å². The van der Waals surface area contributed by atoms with E-state index in [0.29, 0.717) is 6.61 Å². The van der Waals surface area contributed by atoms with Crippen molar-refractivity contribution in [2.45, 2.75) is 75.2 Å². The van der Waals surface area contributed by atoms with Gasteiger partial charge in [-0.15, -0.1) is 11.3 Å². The van der Waals surface area contributed by atoms with Gasteiger partial charge in [-0.3, -0.25) is 0 Å². The van der Waals surface area contributed by atoms with E-state index in [1.807, 2.05) is 23.5 Å². The van der Waals surface area contributed by atoms with Crippen LogP contribution in [0.15, 0.2) is 29.6 Å². The fourth-order valence-corrected chi connectivity index (χ4v) is 7.04. The van der Waals surface area contributed by atoms with Crippen LogP contribution in [0.1, 0.15) is 66.5 Å². The maximum absolute atomic E-state index is 13.6. The normalized spacial score (nSPS) is 28.9. The lowest BCUT2D eigenvalue weighted by Gasteiger charge is -2.46. The maximum atomic E-state index is 13.6. The van der Waals surface area contributed by atoms with E-state index < -0.39 is 0 Å². The van der Waals surface area contributed by atoms with Crippen molar-refractivity contribution in [1.82, 2.24) is 0 Å². The van der Waals surface area contributed by atoms with Gasteiger partial charge < -0.3 is 9.47 Å². The smallest absolute Gasteiger partial charge is 0.123 e. The molecule has 156 valence electrons. The number of aryl methyl sites for hydroxylation is 2. The molecule has 5 rings (SSSR count). The minimum atomic E-state index is -0.151. The third-order valence-electron chi connectivity index (χ3n) is 7.42. The fraction of sp³-hybridized carbons (Fsp3) is 0.600. The largest absolute Gasteiger partial charge is 0.378 e. The highest BCUT2D eigenvalue weighted by Crippen LogP contribution is 2.48. The highest BCUT2D eigenvalue weighted by molar-refractivity contribution is 7.10. The SMILES string of the molecule is Fc1ccc(C2(CCCCc3scc4c3CCC4)CCOC3(CCOC3)C2)cc1. The molecule has 29 heavy (non-hydrogen) atoms. The van der Waals surface area contributed by atoms with Gasteiger partial charge in [0.25, 0.3) is 0 Å². The molecule has 3 aliphatic rings. The van der Waals surface area contributed by atoms with Gasteiger partial charge in [0.15, 0.2) is 0 Å². The molecule has 3 heterocycles. The Morgan fingerprint density at radius 2 is 1.93 bits per heavy atom. The summed E-state index contributed by atoms with van der Waals surface area (Å²) in [5.74, 6) is -0.151. The van der Waals surface area contributed by atoms with Crippen LogP contribution in [0.3, 0.4) is 0 Å². The van der Waals surface area contributed by atoms with Crippen LogP contribution in [0.2, 0.25) is 0 Å². The molecule has 0 N–H and O–H groups in total. The van der Waals surface area contributed by atoms with Crippen LogP contribution >= 0.6 is 11.3 Å². The zero-order valence-corrected chi connectivity index (χ0v) is 18.0. The van der Waals surface area contributed by atoms with Crippen LogP contribution in [0.5, 0.6) is 0 Å². The molecule has 2 aliphatic heterocycles. The average molecular weight is 415 g/mol. The summed E-state index contributed by atoms with van der Waals surface area (Å²) < 4.78 is 25.6. The van der Waals surface area contributed by atoms with Crippen molar-refractivity contribution in [2.24, 2.45) is 0 Å². The lowest BCUT2D eigenvalue weighted by atomic mass is 9.65. The van der Waals surface area contributed by atoms with Crippen molar-refractivity contribution in [3.63, 3.8) is 0 Å². The molecule has 1 spiro atoms. The summed E-state index contributed by atoms with van der Waals surface area (Å²) in [7, 11) is 0. The first-order valence-corrected chi connectivity index (χ1v) is 12.1. The van der Waals surface area contributed by atoms with Crippen LogP contribution in [0, 0.1) is 5.82 Å². The lowest BCUT2D eigenvalue weighted by molar-refractivity contribution is -0.108. The van der Waals surface area contributed by atoms with Crippen molar-refractivity contribution in [1.29, 1.82) is 0 Å².